The molecule has 1 fully saturated rings. The topological polar surface area (TPSA) is 56.6 Å². The van der Waals surface area contributed by atoms with Crippen molar-refractivity contribution in [1.82, 2.24) is 14.7 Å². The van der Waals surface area contributed by atoms with Crippen LogP contribution in [0.5, 0.6) is 11.5 Å². The van der Waals surface area contributed by atoms with E-state index in [-0.39, 0.29) is 23.6 Å². The van der Waals surface area contributed by atoms with Crippen molar-refractivity contribution in [2.45, 2.75) is 31.3 Å². The Hall–Kier alpha value is -3.49. The standard InChI is InChI=1S/C24H20F3N3O3/c1-29-23(13-8-16(25)21(27)17(26)9-13)15-11-14-3-4-18(22(15)28-29)30(14)24(31)12-2-5-19-20(10-12)33-7-6-32-19/h2,5,8-10,14,18H,3-4,6-7,11H2,1H3/t14-,18+/m0/s1. The van der Waals surface area contributed by atoms with Crippen molar-refractivity contribution >= 4 is 5.91 Å². The second kappa shape index (κ2) is 7.26. The van der Waals surface area contributed by atoms with Crippen LogP contribution < -0.4 is 9.47 Å². The van der Waals surface area contributed by atoms with Crippen LogP contribution in [-0.4, -0.2) is 39.8 Å². The van der Waals surface area contributed by atoms with Crippen LogP contribution >= 0.6 is 0 Å². The normalized spacial score (nSPS) is 20.7. The molecule has 2 aromatic carbocycles. The Kier molecular flexibility index (Phi) is 4.43. The molecular formula is C24H20F3N3O3. The van der Waals surface area contributed by atoms with Gasteiger partial charge in [-0.05, 0) is 49.6 Å². The third kappa shape index (κ3) is 3.02. The van der Waals surface area contributed by atoms with E-state index in [1.807, 2.05) is 4.90 Å². The first kappa shape index (κ1) is 20.1. The Morgan fingerprint density at radius 2 is 1.76 bits per heavy atom. The first-order valence-electron chi connectivity index (χ1n) is 10.9. The van der Waals surface area contributed by atoms with Crippen LogP contribution in [0, 0.1) is 17.5 Å². The Balaban J connectivity index is 1.38. The summed E-state index contributed by atoms with van der Waals surface area (Å²) < 4.78 is 54.1. The Bertz CT molecular complexity index is 1280. The lowest BCUT2D eigenvalue weighted by Crippen LogP contribution is -2.42. The molecule has 2 bridgehead atoms. The number of hydrogen-bond acceptors (Lipinski definition) is 4. The number of carbonyl (C=O) groups excluding carboxylic acids is 1. The predicted octanol–water partition coefficient (Wildman–Crippen LogP) is 4.18. The maximum Gasteiger partial charge on any atom is 0.254 e. The van der Waals surface area contributed by atoms with Crippen molar-refractivity contribution < 1.29 is 27.4 Å². The number of rotatable bonds is 2. The van der Waals surface area contributed by atoms with Crippen molar-refractivity contribution in [3.63, 3.8) is 0 Å². The van der Waals surface area contributed by atoms with Gasteiger partial charge in [-0.1, -0.05) is 0 Å². The lowest BCUT2D eigenvalue weighted by atomic mass is 9.94. The molecule has 2 atom stereocenters. The van der Waals surface area contributed by atoms with E-state index in [0.717, 1.165) is 36.2 Å². The molecule has 170 valence electrons. The van der Waals surface area contributed by atoms with Gasteiger partial charge in [-0.3, -0.25) is 9.48 Å². The number of nitrogens with zero attached hydrogens (tertiary/aromatic N) is 3. The van der Waals surface area contributed by atoms with Crippen molar-refractivity contribution in [1.29, 1.82) is 0 Å². The molecule has 0 saturated carbocycles. The molecule has 33 heavy (non-hydrogen) atoms. The van der Waals surface area contributed by atoms with Crippen LogP contribution in [0.1, 0.15) is 40.5 Å². The summed E-state index contributed by atoms with van der Waals surface area (Å²) in [7, 11) is 1.69. The highest BCUT2D eigenvalue weighted by molar-refractivity contribution is 5.96. The van der Waals surface area contributed by atoms with Gasteiger partial charge >= 0.3 is 0 Å². The molecule has 1 saturated heterocycles. The number of benzene rings is 2. The number of carbonyl (C=O) groups is 1. The zero-order valence-corrected chi connectivity index (χ0v) is 17.8. The summed E-state index contributed by atoms with van der Waals surface area (Å²) in [4.78, 5) is 15.4. The minimum absolute atomic E-state index is 0.0682. The summed E-state index contributed by atoms with van der Waals surface area (Å²) in [6.45, 7) is 0.910. The highest BCUT2D eigenvalue weighted by Gasteiger charge is 2.46. The van der Waals surface area contributed by atoms with Gasteiger partial charge in [-0.25, -0.2) is 13.2 Å². The summed E-state index contributed by atoms with van der Waals surface area (Å²) in [6, 6.07) is 6.86. The molecule has 6 rings (SSSR count). The fourth-order valence-electron chi connectivity index (χ4n) is 5.33. The molecule has 0 unspecified atom stereocenters. The zero-order valence-electron chi connectivity index (χ0n) is 17.8. The average Bonchev–Trinajstić information content (AvgIpc) is 3.32. The van der Waals surface area contributed by atoms with E-state index < -0.39 is 17.5 Å². The first-order valence-corrected chi connectivity index (χ1v) is 10.9. The lowest BCUT2D eigenvalue weighted by Gasteiger charge is -2.34. The van der Waals surface area contributed by atoms with Gasteiger partial charge in [0.05, 0.1) is 17.4 Å². The number of fused-ring (bicyclic) bond motifs is 5. The van der Waals surface area contributed by atoms with Crippen molar-refractivity contribution in [2.75, 3.05) is 13.2 Å². The van der Waals surface area contributed by atoms with E-state index in [1.54, 1.807) is 29.9 Å². The number of ether oxygens (including phenoxy) is 2. The van der Waals surface area contributed by atoms with Gasteiger partial charge in [0.15, 0.2) is 29.0 Å². The fraction of sp³-hybridized carbons (Fsp3) is 0.333. The van der Waals surface area contributed by atoms with E-state index in [2.05, 4.69) is 5.10 Å². The molecule has 0 spiro atoms. The number of halogens is 3. The highest BCUT2D eigenvalue weighted by Crippen LogP contribution is 2.47. The smallest absolute Gasteiger partial charge is 0.254 e. The van der Waals surface area contributed by atoms with E-state index in [9.17, 15) is 18.0 Å². The number of aryl methyl sites for hydroxylation is 1. The van der Waals surface area contributed by atoms with Crippen LogP contribution in [0.25, 0.3) is 11.3 Å². The highest BCUT2D eigenvalue weighted by atomic mass is 19.2. The van der Waals surface area contributed by atoms with Gasteiger partial charge in [0.25, 0.3) is 5.91 Å². The number of aromatic nitrogens is 2. The third-order valence-corrected chi connectivity index (χ3v) is 6.72. The summed E-state index contributed by atoms with van der Waals surface area (Å²) >= 11 is 0. The molecule has 3 aliphatic rings. The van der Waals surface area contributed by atoms with E-state index >= 15 is 0 Å². The van der Waals surface area contributed by atoms with Crippen LogP contribution in [-0.2, 0) is 13.5 Å². The van der Waals surface area contributed by atoms with Gasteiger partial charge in [-0.15, -0.1) is 0 Å². The molecule has 9 heteroatoms. The fourth-order valence-corrected chi connectivity index (χ4v) is 5.33. The Labute approximate surface area is 187 Å². The zero-order chi connectivity index (χ0) is 22.9. The Morgan fingerprint density at radius 1 is 1.03 bits per heavy atom. The molecule has 0 N–H and O–H groups in total. The SMILES string of the molecule is Cn1nc2c(c1-c1cc(F)c(F)c(F)c1)C[C@@H]1CC[C@H]2N1C(=O)c1ccc2c(c1)OCCO2. The maximum atomic E-state index is 13.9. The molecule has 3 aromatic rings. The molecule has 0 aliphatic carbocycles. The second-order valence-electron chi connectivity index (χ2n) is 8.61. The average molecular weight is 455 g/mol. The molecule has 0 radical (unpaired) electrons. The quantitative estimate of drug-likeness (QED) is 0.544. The predicted molar refractivity (Wildman–Crippen MR) is 112 cm³/mol. The van der Waals surface area contributed by atoms with Crippen molar-refractivity contribution in [3.8, 4) is 22.8 Å². The maximum absolute atomic E-state index is 13.9. The van der Waals surface area contributed by atoms with Gasteiger partial charge in [0, 0.05) is 29.8 Å². The third-order valence-electron chi connectivity index (χ3n) is 6.72. The van der Waals surface area contributed by atoms with Gasteiger partial charge in [-0.2, -0.15) is 5.10 Å². The van der Waals surface area contributed by atoms with Crippen LogP contribution in [0.4, 0.5) is 13.2 Å². The monoisotopic (exact) mass is 455 g/mol. The molecule has 4 heterocycles. The van der Waals surface area contributed by atoms with Crippen molar-refractivity contribution in [2.24, 2.45) is 7.05 Å². The van der Waals surface area contributed by atoms with Crippen LogP contribution in [0.2, 0.25) is 0 Å². The summed E-state index contributed by atoms with van der Waals surface area (Å²) in [5, 5.41) is 4.62. The van der Waals surface area contributed by atoms with E-state index in [1.165, 1.54) is 0 Å². The van der Waals surface area contributed by atoms with Crippen LogP contribution in [0.3, 0.4) is 0 Å². The van der Waals surface area contributed by atoms with Crippen LogP contribution in [0.15, 0.2) is 30.3 Å². The second-order valence-corrected chi connectivity index (χ2v) is 8.61. The van der Waals surface area contributed by atoms with E-state index in [4.69, 9.17) is 9.47 Å². The first-order chi connectivity index (χ1) is 15.9. The molecular weight excluding hydrogens is 435 g/mol. The molecule has 6 nitrogen and oxygen atoms in total. The molecule has 1 aromatic heterocycles. The van der Waals surface area contributed by atoms with Gasteiger partial charge in [0.2, 0.25) is 0 Å². The Morgan fingerprint density at radius 3 is 2.52 bits per heavy atom. The summed E-state index contributed by atoms with van der Waals surface area (Å²) in [5.41, 5.74) is 2.86. The van der Waals surface area contributed by atoms with Crippen molar-refractivity contribution in [3.05, 3.63) is 64.6 Å². The van der Waals surface area contributed by atoms with E-state index in [0.29, 0.717) is 42.4 Å². The summed E-state index contributed by atoms with van der Waals surface area (Å²) in [6.07, 6.45) is 2.05. The number of hydrogen-bond donors (Lipinski definition) is 0. The molecule has 3 aliphatic heterocycles. The van der Waals surface area contributed by atoms with Gasteiger partial charge < -0.3 is 14.4 Å². The summed E-state index contributed by atoms with van der Waals surface area (Å²) in [5.74, 6) is -2.92. The lowest BCUT2D eigenvalue weighted by molar-refractivity contribution is 0.0641. The minimum Gasteiger partial charge on any atom is -0.486 e. The minimum atomic E-state index is -1.49. The molecule has 1 amide bonds. The van der Waals surface area contributed by atoms with Gasteiger partial charge in [0.1, 0.15) is 13.2 Å². The number of amides is 1. The largest absolute Gasteiger partial charge is 0.486 e.